The molecule has 0 saturated heterocycles. The number of hydrogen-bond donors (Lipinski definition) is 1. The summed E-state index contributed by atoms with van der Waals surface area (Å²) in [5, 5.41) is 11.8. The zero-order valence-electron chi connectivity index (χ0n) is 7.18. The number of hydrogen-bond acceptors (Lipinski definition) is 4. The normalized spacial score (nSPS) is 10.2. The monoisotopic (exact) mass is 175 g/mol. The number of rotatable bonds is 1. The Morgan fingerprint density at radius 1 is 1.46 bits per heavy atom. The van der Waals surface area contributed by atoms with E-state index in [1.165, 1.54) is 0 Å². The Balaban J connectivity index is 2.48. The van der Waals surface area contributed by atoms with E-state index in [-0.39, 0.29) is 0 Å². The highest BCUT2D eigenvalue weighted by molar-refractivity contribution is 5.41. The third kappa shape index (κ3) is 1.35. The van der Waals surface area contributed by atoms with Crippen LogP contribution in [0, 0.1) is 6.92 Å². The van der Waals surface area contributed by atoms with E-state index in [9.17, 15) is 0 Å². The first-order chi connectivity index (χ1) is 6.27. The van der Waals surface area contributed by atoms with Crippen LogP contribution in [0.2, 0.25) is 0 Å². The molecule has 2 rings (SSSR count). The topological polar surface area (TPSA) is 69.6 Å². The van der Waals surface area contributed by atoms with Gasteiger partial charge < -0.3 is 5.73 Å². The molecular formula is C8H9N5. The van der Waals surface area contributed by atoms with E-state index in [1.807, 2.05) is 13.0 Å². The fourth-order valence-electron chi connectivity index (χ4n) is 1.01. The van der Waals surface area contributed by atoms with Gasteiger partial charge in [-0.2, -0.15) is 10.2 Å². The lowest BCUT2D eigenvalue weighted by atomic mass is 10.4. The minimum absolute atomic E-state index is 0.658. The van der Waals surface area contributed by atoms with Gasteiger partial charge in [0.2, 0.25) is 0 Å². The van der Waals surface area contributed by atoms with Crippen molar-refractivity contribution in [2.24, 2.45) is 0 Å². The molecule has 0 saturated carbocycles. The second-order valence-electron chi connectivity index (χ2n) is 2.70. The summed E-state index contributed by atoms with van der Waals surface area (Å²) < 4.78 is 1.61. The average molecular weight is 175 g/mol. The molecule has 0 aromatic carbocycles. The highest BCUT2D eigenvalue weighted by atomic mass is 15.3. The Kier molecular flexibility index (Phi) is 1.70. The molecule has 2 aromatic rings. The molecule has 0 aliphatic rings. The van der Waals surface area contributed by atoms with E-state index in [4.69, 9.17) is 5.73 Å². The van der Waals surface area contributed by atoms with Crippen LogP contribution in [0.4, 0.5) is 5.69 Å². The maximum Gasteiger partial charge on any atom is 0.175 e. The van der Waals surface area contributed by atoms with Crippen LogP contribution in [-0.4, -0.2) is 20.0 Å². The second kappa shape index (κ2) is 2.85. The van der Waals surface area contributed by atoms with Gasteiger partial charge in [-0.3, -0.25) is 0 Å². The Morgan fingerprint density at radius 3 is 2.85 bits per heavy atom. The molecule has 0 radical (unpaired) electrons. The van der Waals surface area contributed by atoms with E-state index in [1.54, 1.807) is 23.1 Å². The van der Waals surface area contributed by atoms with Crippen LogP contribution >= 0.6 is 0 Å². The fraction of sp³-hybridized carbons (Fsp3) is 0.125. The maximum absolute atomic E-state index is 5.65. The molecular weight excluding hydrogens is 166 g/mol. The molecule has 13 heavy (non-hydrogen) atoms. The van der Waals surface area contributed by atoms with Crippen molar-refractivity contribution in [1.82, 2.24) is 20.0 Å². The van der Waals surface area contributed by atoms with E-state index in [0.717, 1.165) is 5.69 Å². The Morgan fingerprint density at radius 2 is 2.31 bits per heavy atom. The lowest BCUT2D eigenvalue weighted by molar-refractivity contribution is 0.803. The summed E-state index contributed by atoms with van der Waals surface area (Å²) in [4.78, 5) is 0. The number of aryl methyl sites for hydroxylation is 1. The average Bonchev–Trinajstić information content (AvgIpc) is 2.49. The largest absolute Gasteiger partial charge is 0.396 e. The van der Waals surface area contributed by atoms with Crippen molar-refractivity contribution in [2.75, 3.05) is 5.73 Å². The van der Waals surface area contributed by atoms with Gasteiger partial charge >= 0.3 is 0 Å². The molecule has 5 heteroatoms. The van der Waals surface area contributed by atoms with Gasteiger partial charge in [-0.05, 0) is 19.1 Å². The molecule has 0 aliphatic heterocycles. The first-order valence-corrected chi connectivity index (χ1v) is 3.87. The van der Waals surface area contributed by atoms with Crippen molar-refractivity contribution < 1.29 is 0 Å². The number of nitrogens with two attached hydrogens (primary N) is 1. The van der Waals surface area contributed by atoms with Crippen molar-refractivity contribution in [3.05, 3.63) is 30.2 Å². The summed E-state index contributed by atoms with van der Waals surface area (Å²) in [6, 6.07) is 3.62. The maximum atomic E-state index is 5.65. The molecule has 0 aliphatic carbocycles. The van der Waals surface area contributed by atoms with Crippen LogP contribution in [0.5, 0.6) is 0 Å². The second-order valence-corrected chi connectivity index (χ2v) is 2.70. The van der Waals surface area contributed by atoms with Crippen LogP contribution in [0.3, 0.4) is 0 Å². The van der Waals surface area contributed by atoms with Gasteiger partial charge in [-0.1, -0.05) is 0 Å². The van der Waals surface area contributed by atoms with Crippen molar-refractivity contribution in [2.45, 2.75) is 6.92 Å². The highest BCUT2D eigenvalue weighted by Crippen LogP contribution is 2.09. The van der Waals surface area contributed by atoms with Gasteiger partial charge in [0, 0.05) is 6.20 Å². The molecule has 2 heterocycles. The molecule has 0 bridgehead atoms. The number of nitrogen functional groups attached to an aromatic ring is 1. The van der Waals surface area contributed by atoms with Crippen molar-refractivity contribution in [1.29, 1.82) is 0 Å². The van der Waals surface area contributed by atoms with Gasteiger partial charge in [0.05, 0.1) is 17.6 Å². The smallest absolute Gasteiger partial charge is 0.175 e. The summed E-state index contributed by atoms with van der Waals surface area (Å²) in [6.07, 6.45) is 3.34. The van der Waals surface area contributed by atoms with E-state index in [2.05, 4.69) is 15.3 Å². The van der Waals surface area contributed by atoms with Crippen molar-refractivity contribution in [3.8, 4) is 5.82 Å². The minimum atomic E-state index is 0.658. The van der Waals surface area contributed by atoms with Gasteiger partial charge in [-0.25, -0.2) is 4.68 Å². The molecule has 0 fully saturated rings. The summed E-state index contributed by atoms with van der Waals surface area (Å²) in [5.41, 5.74) is 7.10. The van der Waals surface area contributed by atoms with Crippen LogP contribution in [0.25, 0.3) is 5.82 Å². The van der Waals surface area contributed by atoms with Crippen LogP contribution in [0.1, 0.15) is 5.69 Å². The van der Waals surface area contributed by atoms with Crippen molar-refractivity contribution in [3.63, 3.8) is 0 Å². The SMILES string of the molecule is Cc1nn(-c2cccnn2)cc1N. The predicted octanol–water partition coefficient (Wildman–Crippen LogP) is 0.553. The zero-order valence-corrected chi connectivity index (χ0v) is 7.18. The summed E-state index contributed by atoms with van der Waals surface area (Å²) >= 11 is 0. The Labute approximate surface area is 75.2 Å². The third-order valence-corrected chi connectivity index (χ3v) is 1.73. The highest BCUT2D eigenvalue weighted by Gasteiger charge is 2.02. The predicted molar refractivity (Wildman–Crippen MR) is 48.3 cm³/mol. The van der Waals surface area contributed by atoms with E-state index in [0.29, 0.717) is 11.5 Å². The minimum Gasteiger partial charge on any atom is -0.396 e. The molecule has 0 amide bonds. The molecule has 2 aromatic heterocycles. The zero-order chi connectivity index (χ0) is 9.26. The standard InChI is InChI=1S/C8H9N5/c1-6-7(9)5-13(12-6)8-3-2-4-10-11-8/h2-5H,9H2,1H3. The molecule has 0 atom stereocenters. The van der Waals surface area contributed by atoms with E-state index < -0.39 is 0 Å². The summed E-state index contributed by atoms with van der Waals surface area (Å²) in [7, 11) is 0. The van der Waals surface area contributed by atoms with Gasteiger partial charge in [0.15, 0.2) is 5.82 Å². The first kappa shape index (κ1) is 7.72. The quantitative estimate of drug-likeness (QED) is 0.687. The number of anilines is 1. The van der Waals surface area contributed by atoms with E-state index >= 15 is 0 Å². The molecule has 0 unspecified atom stereocenters. The summed E-state index contributed by atoms with van der Waals surface area (Å²) in [5.74, 6) is 0.669. The fourth-order valence-corrected chi connectivity index (χ4v) is 1.01. The third-order valence-electron chi connectivity index (χ3n) is 1.73. The van der Waals surface area contributed by atoms with Crippen LogP contribution in [0.15, 0.2) is 24.5 Å². The first-order valence-electron chi connectivity index (χ1n) is 3.87. The van der Waals surface area contributed by atoms with Crippen molar-refractivity contribution >= 4 is 5.69 Å². The molecule has 2 N–H and O–H groups in total. The van der Waals surface area contributed by atoms with Gasteiger partial charge in [-0.15, -0.1) is 5.10 Å². The van der Waals surface area contributed by atoms with Crippen LogP contribution in [-0.2, 0) is 0 Å². The van der Waals surface area contributed by atoms with Crippen LogP contribution < -0.4 is 5.73 Å². The molecule has 66 valence electrons. The van der Waals surface area contributed by atoms with Gasteiger partial charge in [0.25, 0.3) is 0 Å². The molecule has 0 spiro atoms. The lowest BCUT2D eigenvalue weighted by Gasteiger charge is -1.95. The Hall–Kier alpha value is -1.91. The van der Waals surface area contributed by atoms with Gasteiger partial charge in [0.1, 0.15) is 0 Å². The Bertz CT molecular complexity index is 386. The number of aromatic nitrogens is 4. The lowest BCUT2D eigenvalue weighted by Crippen LogP contribution is -1.98. The summed E-state index contributed by atoms with van der Waals surface area (Å²) in [6.45, 7) is 1.85. The molecule has 5 nitrogen and oxygen atoms in total. The number of nitrogens with zero attached hydrogens (tertiary/aromatic N) is 4.